The molecule has 6 rings (SSSR count). The second kappa shape index (κ2) is 8.67. The molecular formula is C24H22ClN5O2. The first-order valence-electron chi connectivity index (χ1n) is 10.7. The van der Waals surface area contributed by atoms with Gasteiger partial charge >= 0.3 is 0 Å². The zero-order chi connectivity index (χ0) is 22.1. The van der Waals surface area contributed by atoms with E-state index in [1.54, 1.807) is 49.1 Å². The fraction of sp³-hybridized carbons (Fsp3) is 0.292. The number of amides is 2. The Bertz CT molecular complexity index is 1200. The molecule has 7 nitrogen and oxygen atoms in total. The fourth-order valence-corrected chi connectivity index (χ4v) is 5.00. The molecule has 2 amide bonds. The number of pyridine rings is 1. The van der Waals surface area contributed by atoms with Crippen LogP contribution < -0.4 is 5.32 Å². The van der Waals surface area contributed by atoms with Gasteiger partial charge in [-0.15, -0.1) is 0 Å². The van der Waals surface area contributed by atoms with Crippen LogP contribution in [0.25, 0.3) is 17.0 Å². The maximum absolute atomic E-state index is 13.3. The molecule has 2 aliphatic heterocycles. The Balaban J connectivity index is 1.34. The SMILES string of the molecule is O=C(Nc1ccnc2cc(Cl)ccc12)[C@H]1C[C@H]2CC[C@@H]1N(C(=O)/C=C/c1cnccn1)C2. The summed E-state index contributed by atoms with van der Waals surface area (Å²) in [5.74, 6) is -0.0612. The molecule has 3 atom stereocenters. The highest BCUT2D eigenvalue weighted by Crippen LogP contribution is 2.40. The van der Waals surface area contributed by atoms with Crippen molar-refractivity contribution in [2.24, 2.45) is 11.8 Å². The third-order valence-corrected chi connectivity index (χ3v) is 6.58. The normalized spacial score (nSPS) is 22.4. The summed E-state index contributed by atoms with van der Waals surface area (Å²) in [5.41, 5.74) is 2.06. The number of nitrogens with zero attached hydrogens (tertiary/aromatic N) is 4. The van der Waals surface area contributed by atoms with E-state index in [0.717, 1.165) is 30.2 Å². The zero-order valence-corrected chi connectivity index (χ0v) is 18.1. The van der Waals surface area contributed by atoms with Crippen LogP contribution in [0.3, 0.4) is 0 Å². The number of fused-ring (bicyclic) bond motifs is 4. The summed E-state index contributed by atoms with van der Waals surface area (Å²) >= 11 is 6.07. The van der Waals surface area contributed by atoms with Crippen LogP contribution >= 0.6 is 11.6 Å². The maximum atomic E-state index is 13.3. The molecule has 0 radical (unpaired) electrons. The Morgan fingerprint density at radius 1 is 1.12 bits per heavy atom. The van der Waals surface area contributed by atoms with Crippen LogP contribution in [0.2, 0.25) is 5.02 Å². The largest absolute Gasteiger partial charge is 0.335 e. The van der Waals surface area contributed by atoms with Crippen molar-refractivity contribution in [3.63, 3.8) is 0 Å². The molecule has 8 heteroatoms. The van der Waals surface area contributed by atoms with Crippen molar-refractivity contribution in [1.29, 1.82) is 0 Å². The summed E-state index contributed by atoms with van der Waals surface area (Å²) in [6.07, 6.45) is 12.3. The van der Waals surface area contributed by atoms with Gasteiger partial charge in [-0.05, 0) is 55.5 Å². The molecule has 2 aromatic heterocycles. The molecular weight excluding hydrogens is 426 g/mol. The Kier molecular flexibility index (Phi) is 5.57. The van der Waals surface area contributed by atoms with Gasteiger partial charge in [-0.2, -0.15) is 0 Å². The molecule has 3 fully saturated rings. The number of aromatic nitrogens is 3. The van der Waals surface area contributed by atoms with Crippen LogP contribution in [-0.2, 0) is 9.59 Å². The van der Waals surface area contributed by atoms with Gasteiger partial charge in [0.15, 0.2) is 0 Å². The summed E-state index contributed by atoms with van der Waals surface area (Å²) in [5, 5.41) is 4.52. The third-order valence-electron chi connectivity index (χ3n) is 6.34. The highest BCUT2D eigenvalue weighted by Gasteiger charge is 2.45. The van der Waals surface area contributed by atoms with Gasteiger partial charge in [0.2, 0.25) is 11.8 Å². The molecule has 1 N–H and O–H groups in total. The Morgan fingerprint density at radius 2 is 2.03 bits per heavy atom. The van der Waals surface area contributed by atoms with Gasteiger partial charge in [0.05, 0.1) is 29.0 Å². The Morgan fingerprint density at radius 3 is 2.84 bits per heavy atom. The van der Waals surface area contributed by atoms with Crippen molar-refractivity contribution in [1.82, 2.24) is 19.9 Å². The number of piperidine rings is 2. The van der Waals surface area contributed by atoms with E-state index in [1.807, 2.05) is 11.0 Å². The third kappa shape index (κ3) is 4.08. The number of rotatable bonds is 4. The molecule has 4 heterocycles. The summed E-state index contributed by atoms with van der Waals surface area (Å²) < 4.78 is 0. The Hall–Kier alpha value is -3.32. The highest BCUT2D eigenvalue weighted by atomic mass is 35.5. The number of carbonyl (C=O) groups excluding carboxylic acids is 2. The number of hydrogen-bond donors (Lipinski definition) is 1. The highest BCUT2D eigenvalue weighted by molar-refractivity contribution is 6.31. The molecule has 1 saturated carbocycles. The molecule has 32 heavy (non-hydrogen) atoms. The second-order valence-corrected chi connectivity index (χ2v) is 8.75. The van der Waals surface area contributed by atoms with Crippen LogP contribution in [0.5, 0.6) is 0 Å². The minimum Gasteiger partial charge on any atom is -0.335 e. The maximum Gasteiger partial charge on any atom is 0.246 e. The first-order valence-corrected chi connectivity index (χ1v) is 11.1. The second-order valence-electron chi connectivity index (χ2n) is 8.32. The lowest BCUT2D eigenvalue weighted by Gasteiger charge is -2.49. The lowest BCUT2D eigenvalue weighted by atomic mass is 9.72. The predicted octanol–water partition coefficient (Wildman–Crippen LogP) is 3.96. The van der Waals surface area contributed by atoms with E-state index in [4.69, 9.17) is 11.6 Å². The van der Waals surface area contributed by atoms with Crippen molar-refractivity contribution >= 4 is 46.1 Å². The van der Waals surface area contributed by atoms with E-state index in [0.29, 0.717) is 28.9 Å². The van der Waals surface area contributed by atoms with Crippen LogP contribution in [-0.4, -0.2) is 44.3 Å². The van der Waals surface area contributed by atoms with E-state index in [9.17, 15) is 9.59 Å². The van der Waals surface area contributed by atoms with Crippen LogP contribution in [0.4, 0.5) is 5.69 Å². The summed E-state index contributed by atoms with van der Waals surface area (Å²) in [4.78, 5) is 40.6. The number of carbonyl (C=O) groups is 2. The molecule has 162 valence electrons. The van der Waals surface area contributed by atoms with Gasteiger partial charge in [0.1, 0.15) is 0 Å². The van der Waals surface area contributed by atoms with E-state index >= 15 is 0 Å². The lowest BCUT2D eigenvalue weighted by molar-refractivity contribution is -0.140. The van der Waals surface area contributed by atoms with Crippen molar-refractivity contribution in [2.75, 3.05) is 11.9 Å². The van der Waals surface area contributed by atoms with Crippen molar-refractivity contribution in [3.05, 3.63) is 65.8 Å². The van der Waals surface area contributed by atoms with Crippen molar-refractivity contribution < 1.29 is 9.59 Å². The quantitative estimate of drug-likeness (QED) is 0.611. The first-order chi connectivity index (χ1) is 15.6. The van der Waals surface area contributed by atoms with E-state index in [1.165, 1.54) is 6.08 Å². The van der Waals surface area contributed by atoms with Gasteiger partial charge < -0.3 is 10.2 Å². The number of benzene rings is 1. The van der Waals surface area contributed by atoms with Crippen molar-refractivity contribution in [3.8, 4) is 0 Å². The fourth-order valence-electron chi connectivity index (χ4n) is 4.83. The Labute approximate surface area is 190 Å². The topological polar surface area (TPSA) is 88.1 Å². The molecule has 2 saturated heterocycles. The van der Waals surface area contributed by atoms with Gasteiger partial charge in [0, 0.05) is 47.7 Å². The van der Waals surface area contributed by atoms with Crippen LogP contribution in [0.1, 0.15) is 25.0 Å². The van der Waals surface area contributed by atoms with E-state index in [-0.39, 0.29) is 23.8 Å². The molecule has 1 aliphatic carbocycles. The number of nitrogens with one attached hydrogen (secondary N) is 1. The number of halogens is 1. The summed E-state index contributed by atoms with van der Waals surface area (Å²) in [6, 6.07) is 7.11. The van der Waals surface area contributed by atoms with Gasteiger partial charge in [-0.1, -0.05) is 11.6 Å². The molecule has 2 bridgehead atoms. The minimum atomic E-state index is -0.244. The molecule has 0 unspecified atom stereocenters. The average molecular weight is 448 g/mol. The number of hydrogen-bond acceptors (Lipinski definition) is 5. The smallest absolute Gasteiger partial charge is 0.246 e. The van der Waals surface area contributed by atoms with Crippen LogP contribution in [0.15, 0.2) is 55.1 Å². The first kappa shape index (κ1) is 20.6. The molecule has 3 aromatic rings. The minimum absolute atomic E-state index is 0.0578. The van der Waals surface area contributed by atoms with Crippen LogP contribution in [0, 0.1) is 11.8 Å². The standard InChI is InChI=1S/C24H22ClN5O2/c25-16-2-4-18-20(7-8-28-21(18)12-16)29-24(32)19-11-15-1-5-22(19)30(14-15)23(31)6-3-17-13-26-9-10-27-17/h2-4,6-10,12-13,15,19,22H,1,5,11,14H2,(H,28,29,32)/b6-3+/t15-,19+,22+/m1/s1. The number of anilines is 1. The van der Waals surface area contributed by atoms with E-state index < -0.39 is 0 Å². The zero-order valence-electron chi connectivity index (χ0n) is 17.3. The molecule has 3 aliphatic rings. The molecule has 1 aromatic carbocycles. The lowest BCUT2D eigenvalue weighted by Crippen LogP contribution is -2.57. The van der Waals surface area contributed by atoms with Gasteiger partial charge in [0.25, 0.3) is 0 Å². The monoisotopic (exact) mass is 447 g/mol. The molecule has 0 spiro atoms. The van der Waals surface area contributed by atoms with E-state index in [2.05, 4.69) is 20.3 Å². The predicted molar refractivity (Wildman–Crippen MR) is 123 cm³/mol. The van der Waals surface area contributed by atoms with Gasteiger partial charge in [-0.25, -0.2) is 0 Å². The average Bonchev–Trinajstić information content (AvgIpc) is 2.83. The summed E-state index contributed by atoms with van der Waals surface area (Å²) in [6.45, 7) is 0.689. The summed E-state index contributed by atoms with van der Waals surface area (Å²) in [7, 11) is 0. The van der Waals surface area contributed by atoms with Crippen molar-refractivity contribution in [2.45, 2.75) is 25.3 Å². The van der Waals surface area contributed by atoms with Gasteiger partial charge in [-0.3, -0.25) is 24.5 Å².